The van der Waals surface area contributed by atoms with Gasteiger partial charge in [-0.3, -0.25) is 0 Å². The highest BCUT2D eigenvalue weighted by molar-refractivity contribution is 5.08. The molecule has 0 saturated heterocycles. The van der Waals surface area contributed by atoms with Crippen molar-refractivity contribution in [3.05, 3.63) is 0 Å². The van der Waals surface area contributed by atoms with Crippen LogP contribution in [0.3, 0.4) is 0 Å². The van der Waals surface area contributed by atoms with Crippen LogP contribution in [0.5, 0.6) is 0 Å². The molecule has 0 heteroatoms. The standard InChI is InChI=1S/C96H192/c1-17-33-49-65-81(57-41-25-9)73-89(74-82(58-42-26-10)66-50-34-18-2)93-94(90(75-83(59-43-27-11)67-51-35-19-3)76-84(60-44-28-12)68-52-36-20-4)96(92(79-87(63-47-31-15)71-55-39-23-7)80-88(64-48-32-16)72-56-40-24-8)95(93)91(77-85(61-45-29-13)69-53-37-21-5)78-86(62-46-30-14)70-54-38-22-6/h81-96H,17-80H2,1-16H3. The molecule has 1 aliphatic rings. The second kappa shape index (κ2) is 66.9. The molecule has 1 saturated carbocycles. The summed E-state index contributed by atoms with van der Waals surface area (Å²) >= 11 is 0. The summed E-state index contributed by atoms with van der Waals surface area (Å²) < 4.78 is 0. The largest absolute Gasteiger partial charge is 0.0654 e. The summed E-state index contributed by atoms with van der Waals surface area (Å²) in [5.41, 5.74) is 0. The van der Waals surface area contributed by atoms with E-state index >= 15 is 0 Å². The Balaban J connectivity index is 5.48. The second-order valence-electron chi connectivity index (χ2n) is 35.3. The zero-order valence-corrected chi connectivity index (χ0v) is 70.5. The van der Waals surface area contributed by atoms with E-state index < -0.39 is 0 Å². The van der Waals surface area contributed by atoms with E-state index in [-0.39, 0.29) is 0 Å². The monoisotopic (exact) mass is 1350 g/mol. The van der Waals surface area contributed by atoms with Crippen LogP contribution >= 0.6 is 0 Å². The van der Waals surface area contributed by atoms with Gasteiger partial charge in [0.15, 0.2) is 0 Å². The fraction of sp³-hybridized carbons (Fsp3) is 1.00. The van der Waals surface area contributed by atoms with Gasteiger partial charge in [0.25, 0.3) is 0 Å². The lowest BCUT2D eigenvalue weighted by molar-refractivity contribution is -0.172. The minimum atomic E-state index is 0.904. The molecular weight excluding hydrogens is 1150 g/mol. The van der Waals surface area contributed by atoms with Gasteiger partial charge >= 0.3 is 0 Å². The van der Waals surface area contributed by atoms with Gasteiger partial charge in [-0.25, -0.2) is 0 Å². The molecule has 1 rings (SSSR count). The van der Waals surface area contributed by atoms with E-state index in [0.717, 1.165) is 94.7 Å². The highest BCUT2D eigenvalue weighted by Crippen LogP contribution is 2.66. The first-order chi connectivity index (χ1) is 47.0. The predicted octanol–water partition coefficient (Wildman–Crippen LogP) is 35.1. The molecule has 0 aromatic heterocycles. The average molecular weight is 1350 g/mol. The molecule has 0 aromatic rings. The Hall–Kier alpha value is 0. The van der Waals surface area contributed by atoms with Crippen LogP contribution < -0.4 is 0 Å². The highest BCUT2D eigenvalue weighted by atomic mass is 14.6. The van der Waals surface area contributed by atoms with Gasteiger partial charge < -0.3 is 0 Å². The van der Waals surface area contributed by atoms with E-state index in [2.05, 4.69) is 111 Å². The van der Waals surface area contributed by atoms with Crippen LogP contribution in [-0.2, 0) is 0 Å². The molecule has 1 aliphatic carbocycles. The predicted molar refractivity (Wildman–Crippen MR) is 442 cm³/mol. The van der Waals surface area contributed by atoms with Crippen LogP contribution in [0.2, 0.25) is 0 Å². The quantitative estimate of drug-likeness (QED) is 0.0533. The minimum Gasteiger partial charge on any atom is -0.0654 e. The fourth-order valence-corrected chi connectivity index (χ4v) is 20.9. The van der Waals surface area contributed by atoms with Crippen LogP contribution in [0.15, 0.2) is 0 Å². The lowest BCUT2D eigenvalue weighted by Crippen LogP contribution is -2.60. The molecule has 0 radical (unpaired) electrons. The van der Waals surface area contributed by atoms with E-state index in [1.165, 1.54) is 360 Å². The van der Waals surface area contributed by atoms with Crippen LogP contribution in [-0.4, -0.2) is 0 Å². The summed E-state index contributed by atoms with van der Waals surface area (Å²) in [5, 5.41) is 0. The van der Waals surface area contributed by atoms with Crippen molar-refractivity contribution in [1.82, 2.24) is 0 Å². The summed E-state index contributed by atoms with van der Waals surface area (Å²) in [6.45, 7) is 40.4. The molecule has 0 N–H and O–H groups in total. The van der Waals surface area contributed by atoms with Gasteiger partial charge in [0.2, 0.25) is 0 Å². The van der Waals surface area contributed by atoms with Gasteiger partial charge in [-0.15, -0.1) is 0 Å². The third kappa shape index (κ3) is 44.0. The second-order valence-corrected chi connectivity index (χ2v) is 35.3. The van der Waals surface area contributed by atoms with Crippen molar-refractivity contribution in [3.8, 4) is 0 Å². The summed E-state index contributed by atoms with van der Waals surface area (Å²) in [6.07, 6.45) is 94.2. The van der Waals surface area contributed by atoms with Crippen LogP contribution in [0.25, 0.3) is 0 Å². The maximum atomic E-state index is 2.55. The van der Waals surface area contributed by atoms with E-state index in [1.807, 2.05) is 0 Å². The number of hydrogen-bond donors (Lipinski definition) is 0. The maximum absolute atomic E-state index is 2.55. The lowest BCUT2D eigenvalue weighted by Gasteiger charge is -2.65. The highest BCUT2D eigenvalue weighted by Gasteiger charge is 2.60. The Morgan fingerprint density at radius 3 is 0.312 bits per heavy atom. The topological polar surface area (TPSA) is 0 Å². The van der Waals surface area contributed by atoms with E-state index in [0.29, 0.717) is 0 Å². The first kappa shape index (κ1) is 94.0. The van der Waals surface area contributed by atoms with Gasteiger partial charge in [0.1, 0.15) is 0 Å². The Kier molecular flexibility index (Phi) is 65.5. The Morgan fingerprint density at radius 2 is 0.219 bits per heavy atom. The molecule has 8 unspecified atom stereocenters. The summed E-state index contributed by atoms with van der Waals surface area (Å²) in [5.74, 6) is 14.7. The van der Waals surface area contributed by atoms with Crippen molar-refractivity contribution in [2.24, 2.45) is 94.7 Å². The Bertz CT molecular complexity index is 1200. The smallest absolute Gasteiger partial charge is 0.0318 e. The number of rotatable bonds is 76. The van der Waals surface area contributed by atoms with E-state index in [1.54, 1.807) is 51.4 Å². The average Bonchev–Trinajstić information content (AvgIpc) is 0.720. The first-order valence-corrected chi connectivity index (χ1v) is 47.0. The van der Waals surface area contributed by atoms with E-state index in [4.69, 9.17) is 0 Å². The molecule has 8 atom stereocenters. The molecule has 0 bridgehead atoms. The SMILES string of the molecule is CCCCCC(CCCC)CC(CC(CCCC)CCCCC)C1C(C(CC(CCCC)CCCCC)CC(CCCC)CCCCC)C(C(CC(CCCC)CCCCC)CC(CCCC)CCCCC)C1C(CC(CCCC)CCCCC)CC(CCCC)CCCCC. The van der Waals surface area contributed by atoms with Crippen molar-refractivity contribution >= 4 is 0 Å². The molecule has 1 fully saturated rings. The third-order valence-corrected chi connectivity index (χ3v) is 26.5. The molecule has 96 heavy (non-hydrogen) atoms. The van der Waals surface area contributed by atoms with Gasteiger partial charge in [0.05, 0.1) is 0 Å². The molecule has 0 aliphatic heterocycles. The van der Waals surface area contributed by atoms with Gasteiger partial charge in [-0.05, 0) is 146 Å². The van der Waals surface area contributed by atoms with E-state index in [9.17, 15) is 0 Å². The lowest BCUT2D eigenvalue weighted by atomic mass is 9.40. The summed E-state index contributed by atoms with van der Waals surface area (Å²) in [6, 6.07) is 0. The van der Waals surface area contributed by atoms with Crippen molar-refractivity contribution in [2.45, 2.75) is 522 Å². The normalized spacial score (nSPS) is 19.8. The van der Waals surface area contributed by atoms with Gasteiger partial charge in [-0.2, -0.15) is 0 Å². The first-order valence-electron chi connectivity index (χ1n) is 47.0. The van der Waals surface area contributed by atoms with Crippen molar-refractivity contribution in [1.29, 1.82) is 0 Å². The van der Waals surface area contributed by atoms with Gasteiger partial charge in [0, 0.05) is 0 Å². The number of unbranched alkanes of at least 4 members (excludes halogenated alkanes) is 24. The molecule has 0 aromatic carbocycles. The Morgan fingerprint density at radius 1 is 0.125 bits per heavy atom. The zero-order valence-electron chi connectivity index (χ0n) is 70.5. The van der Waals surface area contributed by atoms with Crippen LogP contribution in [0.4, 0.5) is 0 Å². The molecule has 0 heterocycles. The minimum absolute atomic E-state index is 0.904. The summed E-state index contributed by atoms with van der Waals surface area (Å²) in [4.78, 5) is 0. The van der Waals surface area contributed by atoms with Crippen LogP contribution in [0, 0.1) is 94.7 Å². The van der Waals surface area contributed by atoms with Crippen molar-refractivity contribution in [2.75, 3.05) is 0 Å². The number of hydrogen-bond acceptors (Lipinski definition) is 0. The summed E-state index contributed by atoms with van der Waals surface area (Å²) in [7, 11) is 0. The molecule has 576 valence electrons. The van der Waals surface area contributed by atoms with Crippen molar-refractivity contribution in [3.63, 3.8) is 0 Å². The maximum Gasteiger partial charge on any atom is -0.0318 e. The molecular formula is C96H192. The zero-order chi connectivity index (χ0) is 70.5. The molecule has 0 spiro atoms. The van der Waals surface area contributed by atoms with Crippen molar-refractivity contribution < 1.29 is 0 Å². The Labute approximate surface area is 612 Å². The fourth-order valence-electron chi connectivity index (χ4n) is 20.9. The third-order valence-electron chi connectivity index (χ3n) is 26.5. The van der Waals surface area contributed by atoms with Gasteiger partial charge in [-0.1, -0.05) is 470 Å². The van der Waals surface area contributed by atoms with Crippen LogP contribution in [0.1, 0.15) is 522 Å². The molecule has 0 amide bonds. The molecule has 0 nitrogen and oxygen atoms in total.